The van der Waals surface area contributed by atoms with Gasteiger partial charge in [0.1, 0.15) is 0 Å². The zero-order valence-corrected chi connectivity index (χ0v) is 8.79. The van der Waals surface area contributed by atoms with Gasteiger partial charge in [-0.25, -0.2) is 0 Å². The van der Waals surface area contributed by atoms with Crippen LogP contribution in [0.1, 0.15) is 0 Å². The van der Waals surface area contributed by atoms with Gasteiger partial charge in [-0.15, -0.1) is 0 Å². The number of nitrogen functional groups attached to an aromatic ring is 1. The minimum atomic E-state index is 0.0691. The molecule has 1 aromatic rings. The molecule has 0 aliphatic carbocycles. The Hall–Kier alpha value is -0.650. The van der Waals surface area contributed by atoms with E-state index in [-0.39, 0.29) is 21.2 Å². The van der Waals surface area contributed by atoms with E-state index in [4.69, 9.17) is 15.2 Å². The van der Waals surface area contributed by atoms with Crippen LogP contribution in [-0.2, 0) is 0 Å². The van der Waals surface area contributed by atoms with Crippen LogP contribution in [0.3, 0.4) is 0 Å². The average Bonchev–Trinajstić information content (AvgIpc) is 2.52. The molecule has 2 N–H and O–H groups in total. The third-order valence-electron chi connectivity index (χ3n) is 1.68. The number of alkyl halides is 1. The molecule has 1 aliphatic rings. The fraction of sp³-hybridized carbons (Fsp3) is 0.250. The first-order valence-corrected chi connectivity index (χ1v) is 6.73. The van der Waals surface area contributed by atoms with Crippen LogP contribution in [0.5, 0.6) is 11.5 Å². The van der Waals surface area contributed by atoms with Crippen LogP contribution < -0.4 is 36.4 Å². The Balaban J connectivity index is 2.51. The Bertz CT molecular complexity index is 314. The molecule has 1 aromatic carbocycles. The van der Waals surface area contributed by atoms with Gasteiger partial charge in [-0.05, 0) is 0 Å². The number of rotatable bonds is 1. The minimum absolute atomic E-state index is 0.0691. The number of halogens is 1. The van der Waals surface area contributed by atoms with E-state index in [0.717, 1.165) is 5.75 Å². The van der Waals surface area contributed by atoms with Crippen molar-refractivity contribution >= 4 is 5.69 Å². The predicted octanol–water partition coefficient (Wildman–Crippen LogP) is -2.11. The Morgan fingerprint density at radius 1 is 1.42 bits per heavy atom. The van der Waals surface area contributed by atoms with Crippen LogP contribution in [0.15, 0.2) is 12.1 Å². The molecule has 1 heterocycles. The van der Waals surface area contributed by atoms with Crippen molar-refractivity contribution in [1.29, 1.82) is 0 Å². The first kappa shape index (κ1) is 7.97. The van der Waals surface area contributed by atoms with Gasteiger partial charge in [-0.3, -0.25) is 0 Å². The summed E-state index contributed by atoms with van der Waals surface area (Å²) in [5.74, 6) is 1.50. The fourth-order valence-corrected chi connectivity index (χ4v) is 2.35. The van der Waals surface area contributed by atoms with Gasteiger partial charge in [0.25, 0.3) is 0 Å². The van der Waals surface area contributed by atoms with Gasteiger partial charge < -0.3 is 0 Å². The summed E-state index contributed by atoms with van der Waals surface area (Å²) in [4.78, 5) is 2.19. The second-order valence-corrected chi connectivity index (χ2v) is 4.74. The van der Waals surface area contributed by atoms with Crippen molar-refractivity contribution in [3.63, 3.8) is 0 Å². The number of benzene rings is 1. The number of nitrogens with two attached hydrogens (primary N) is 1. The molecule has 0 amide bonds. The van der Waals surface area contributed by atoms with Crippen molar-refractivity contribution in [3.05, 3.63) is 15.7 Å². The van der Waals surface area contributed by atoms with Crippen LogP contribution in [0.2, 0.25) is 0 Å². The quantitative estimate of drug-likeness (QED) is 0.363. The summed E-state index contributed by atoms with van der Waals surface area (Å²) in [5, 5.41) is 0. The summed E-state index contributed by atoms with van der Waals surface area (Å²) in [7, 11) is 0. The Kier molecular flexibility index (Phi) is 2.00. The number of hydrogen-bond acceptors (Lipinski definition) is 3. The Labute approximate surface area is 81.1 Å². The van der Waals surface area contributed by atoms with Crippen molar-refractivity contribution in [2.45, 2.75) is 0 Å². The van der Waals surface area contributed by atoms with Gasteiger partial charge in [0.15, 0.2) is 0 Å². The maximum atomic E-state index is 5.76. The third kappa shape index (κ3) is 1.20. The molecule has 0 fully saturated rings. The first-order chi connectivity index (χ1) is 5.81. The van der Waals surface area contributed by atoms with Crippen LogP contribution in [0.4, 0.5) is 5.69 Å². The number of anilines is 1. The fourth-order valence-electron chi connectivity index (χ4n) is 1.11. The van der Waals surface area contributed by atoms with E-state index in [1.807, 2.05) is 12.1 Å². The van der Waals surface area contributed by atoms with Crippen LogP contribution in [-0.4, -0.2) is 11.7 Å². The molecular formula is C8H9INO2-. The predicted molar refractivity (Wildman–Crippen MR) is 41.6 cm³/mol. The molecule has 0 spiro atoms. The van der Waals surface area contributed by atoms with Gasteiger partial charge in [0.2, 0.25) is 0 Å². The molecule has 0 saturated carbocycles. The normalized spacial score (nSPS) is 13.8. The molecule has 3 nitrogen and oxygen atoms in total. The van der Waals surface area contributed by atoms with Crippen molar-refractivity contribution in [2.75, 3.05) is 17.5 Å². The van der Waals surface area contributed by atoms with E-state index < -0.39 is 0 Å². The number of hydrogen-bond donors (Lipinski definition) is 1. The Morgan fingerprint density at radius 3 is 3.00 bits per heavy atom. The Morgan fingerprint density at radius 2 is 2.25 bits per heavy atom. The SMILES string of the molecule is C[I-]c1cc(N)c2c(c1)OCO2. The van der Waals surface area contributed by atoms with Gasteiger partial charge >= 0.3 is 81.0 Å². The summed E-state index contributed by atoms with van der Waals surface area (Å²) in [6, 6.07) is 3.99. The summed E-state index contributed by atoms with van der Waals surface area (Å²) in [5.41, 5.74) is 6.46. The van der Waals surface area contributed by atoms with Crippen LogP contribution in [0.25, 0.3) is 0 Å². The van der Waals surface area contributed by atoms with Gasteiger partial charge in [-0.2, -0.15) is 0 Å². The second-order valence-electron chi connectivity index (χ2n) is 2.42. The second kappa shape index (κ2) is 3.01. The molecule has 0 atom stereocenters. The molecule has 0 radical (unpaired) electrons. The maximum absolute atomic E-state index is 5.76. The molecule has 4 heteroatoms. The molecule has 2 rings (SSSR count). The van der Waals surface area contributed by atoms with Crippen molar-refractivity contribution in [2.24, 2.45) is 0 Å². The molecule has 0 bridgehead atoms. The van der Waals surface area contributed by atoms with Crippen LogP contribution in [0, 0.1) is 3.57 Å². The summed E-state index contributed by atoms with van der Waals surface area (Å²) >= 11 is 0.0691. The average molecular weight is 278 g/mol. The van der Waals surface area contributed by atoms with E-state index in [1.54, 1.807) is 0 Å². The molecule has 0 unspecified atom stereocenters. The zero-order chi connectivity index (χ0) is 8.55. The van der Waals surface area contributed by atoms with E-state index >= 15 is 0 Å². The van der Waals surface area contributed by atoms with Crippen molar-refractivity contribution < 1.29 is 30.7 Å². The van der Waals surface area contributed by atoms with E-state index in [2.05, 4.69) is 4.93 Å². The van der Waals surface area contributed by atoms with Gasteiger partial charge in [0.05, 0.1) is 0 Å². The van der Waals surface area contributed by atoms with Gasteiger partial charge in [-0.1, -0.05) is 0 Å². The van der Waals surface area contributed by atoms with Gasteiger partial charge in [0, 0.05) is 0 Å². The van der Waals surface area contributed by atoms with Crippen molar-refractivity contribution in [1.82, 2.24) is 0 Å². The van der Waals surface area contributed by atoms with E-state index in [0.29, 0.717) is 18.2 Å². The molecule has 0 aromatic heterocycles. The summed E-state index contributed by atoms with van der Waals surface area (Å²) in [6.07, 6.45) is 0. The zero-order valence-electron chi connectivity index (χ0n) is 6.63. The summed E-state index contributed by atoms with van der Waals surface area (Å²) in [6.45, 7) is 0.297. The topological polar surface area (TPSA) is 44.5 Å². The van der Waals surface area contributed by atoms with E-state index in [9.17, 15) is 0 Å². The molecule has 1 aliphatic heterocycles. The molecular weight excluding hydrogens is 269 g/mol. The van der Waals surface area contributed by atoms with Crippen molar-refractivity contribution in [3.8, 4) is 11.5 Å². The molecule has 66 valence electrons. The number of fused-ring (bicyclic) bond motifs is 1. The molecule has 0 saturated heterocycles. The molecule has 12 heavy (non-hydrogen) atoms. The number of ether oxygens (including phenoxy) is 2. The first-order valence-electron chi connectivity index (χ1n) is 3.50. The third-order valence-corrected chi connectivity index (χ3v) is 3.55. The van der Waals surface area contributed by atoms with E-state index in [1.165, 1.54) is 3.57 Å². The summed E-state index contributed by atoms with van der Waals surface area (Å²) < 4.78 is 11.7. The monoisotopic (exact) mass is 278 g/mol. The standard InChI is InChI=1S/C8H9INO2/c1-9-5-2-6(10)8-7(3-5)11-4-12-8/h2-3H,4,10H2,1H3/q-1. The van der Waals surface area contributed by atoms with Crippen LogP contribution >= 0.6 is 0 Å².